The van der Waals surface area contributed by atoms with E-state index in [0.717, 1.165) is 38.4 Å². The first-order chi connectivity index (χ1) is 12.3. The fourth-order valence-electron chi connectivity index (χ4n) is 3.01. The Labute approximate surface area is 156 Å². The van der Waals surface area contributed by atoms with E-state index in [9.17, 15) is 4.39 Å². The fraction of sp³-hybridized carbons (Fsp3) is 0.632. The van der Waals surface area contributed by atoms with Crippen molar-refractivity contribution >= 4 is 11.6 Å². The van der Waals surface area contributed by atoms with E-state index < -0.39 is 0 Å². The summed E-state index contributed by atoms with van der Waals surface area (Å²) in [6.07, 6.45) is 0. The van der Waals surface area contributed by atoms with Gasteiger partial charge in [0.05, 0.1) is 18.9 Å². The minimum Gasteiger partial charge on any atom is -0.379 e. The van der Waals surface area contributed by atoms with Gasteiger partial charge < -0.3 is 20.3 Å². The molecule has 6 nitrogen and oxygen atoms in total. The molecule has 1 heterocycles. The van der Waals surface area contributed by atoms with Crippen LogP contribution in [0.2, 0.25) is 0 Å². The first kappa shape index (κ1) is 20.5. The zero-order valence-electron chi connectivity index (χ0n) is 16.6. The van der Waals surface area contributed by atoms with Gasteiger partial charge >= 0.3 is 0 Å². The second-order valence-corrected chi connectivity index (χ2v) is 7.37. The molecule has 0 radical (unpaired) electrons. The Morgan fingerprint density at radius 2 is 1.96 bits per heavy atom. The van der Waals surface area contributed by atoms with Gasteiger partial charge in [-0.1, -0.05) is 6.07 Å². The highest BCUT2D eigenvalue weighted by molar-refractivity contribution is 5.79. The van der Waals surface area contributed by atoms with E-state index in [0.29, 0.717) is 18.2 Å². The van der Waals surface area contributed by atoms with Gasteiger partial charge in [-0.3, -0.25) is 9.89 Å². The quantitative estimate of drug-likeness (QED) is 0.593. The Morgan fingerprint density at radius 1 is 1.27 bits per heavy atom. The third-order valence-electron chi connectivity index (χ3n) is 4.73. The molecule has 146 valence electrons. The molecule has 1 saturated heterocycles. The maximum Gasteiger partial charge on any atom is 0.191 e. The molecule has 1 aliphatic heterocycles. The molecule has 7 heteroatoms. The van der Waals surface area contributed by atoms with Crippen molar-refractivity contribution in [2.24, 2.45) is 4.99 Å². The van der Waals surface area contributed by atoms with E-state index in [4.69, 9.17) is 4.74 Å². The van der Waals surface area contributed by atoms with E-state index in [-0.39, 0.29) is 11.4 Å². The Bertz CT molecular complexity index is 612. The normalized spacial score (nSPS) is 16.5. The van der Waals surface area contributed by atoms with Gasteiger partial charge in [0.15, 0.2) is 5.96 Å². The molecule has 0 unspecified atom stereocenters. The number of ether oxygens (including phenoxy) is 1. The second kappa shape index (κ2) is 9.19. The average molecular weight is 365 g/mol. The molecule has 1 aliphatic rings. The number of nitrogens with one attached hydrogen (secondary N) is 2. The minimum atomic E-state index is -0.217. The smallest absolute Gasteiger partial charge is 0.191 e. The van der Waals surface area contributed by atoms with Crippen molar-refractivity contribution in [2.75, 3.05) is 58.9 Å². The van der Waals surface area contributed by atoms with Crippen LogP contribution in [0.15, 0.2) is 23.2 Å². The number of aliphatic imine (C=N–C) groups is 1. The van der Waals surface area contributed by atoms with Crippen LogP contribution in [0.25, 0.3) is 0 Å². The zero-order valence-corrected chi connectivity index (χ0v) is 16.6. The van der Waals surface area contributed by atoms with E-state index in [1.807, 2.05) is 20.2 Å². The summed E-state index contributed by atoms with van der Waals surface area (Å²) in [6.45, 7) is 9.16. The van der Waals surface area contributed by atoms with Crippen molar-refractivity contribution in [3.8, 4) is 0 Å². The Morgan fingerprint density at radius 3 is 2.54 bits per heavy atom. The van der Waals surface area contributed by atoms with E-state index in [1.54, 1.807) is 24.1 Å². The Hall–Kier alpha value is -1.86. The summed E-state index contributed by atoms with van der Waals surface area (Å²) in [5.74, 6) is 0.495. The molecule has 1 aromatic carbocycles. The zero-order chi connectivity index (χ0) is 19.2. The number of hydrogen-bond acceptors (Lipinski definition) is 4. The van der Waals surface area contributed by atoms with Crippen LogP contribution in [0.5, 0.6) is 0 Å². The van der Waals surface area contributed by atoms with Crippen molar-refractivity contribution < 1.29 is 9.13 Å². The lowest BCUT2D eigenvalue weighted by molar-refractivity contribution is -0.00834. The lowest BCUT2D eigenvalue weighted by atomic mass is 10.0. The predicted octanol–water partition coefficient (Wildman–Crippen LogP) is 1.67. The molecule has 0 bridgehead atoms. The van der Waals surface area contributed by atoms with Crippen molar-refractivity contribution in [3.05, 3.63) is 29.6 Å². The summed E-state index contributed by atoms with van der Waals surface area (Å²) in [7, 11) is 5.41. The number of halogens is 1. The molecule has 26 heavy (non-hydrogen) atoms. The van der Waals surface area contributed by atoms with Gasteiger partial charge in [-0.15, -0.1) is 0 Å². The van der Waals surface area contributed by atoms with Crippen molar-refractivity contribution in [1.29, 1.82) is 0 Å². The van der Waals surface area contributed by atoms with Crippen LogP contribution in [0, 0.1) is 5.82 Å². The van der Waals surface area contributed by atoms with Gasteiger partial charge in [0.25, 0.3) is 0 Å². The van der Waals surface area contributed by atoms with Gasteiger partial charge in [0.2, 0.25) is 0 Å². The van der Waals surface area contributed by atoms with Crippen LogP contribution in [-0.4, -0.2) is 70.4 Å². The highest BCUT2D eigenvalue weighted by Crippen LogP contribution is 2.18. The number of hydrogen-bond donors (Lipinski definition) is 2. The van der Waals surface area contributed by atoms with Gasteiger partial charge in [-0.05, 0) is 31.5 Å². The van der Waals surface area contributed by atoms with E-state index in [1.165, 1.54) is 0 Å². The van der Waals surface area contributed by atoms with Gasteiger partial charge in [-0.25, -0.2) is 4.39 Å². The highest BCUT2D eigenvalue weighted by atomic mass is 19.1. The third-order valence-corrected chi connectivity index (χ3v) is 4.73. The van der Waals surface area contributed by atoms with Gasteiger partial charge in [-0.2, -0.15) is 0 Å². The second-order valence-electron chi connectivity index (χ2n) is 7.37. The summed E-state index contributed by atoms with van der Waals surface area (Å²) in [5.41, 5.74) is 1.47. The number of anilines is 1. The average Bonchev–Trinajstić information content (AvgIpc) is 2.62. The first-order valence-electron chi connectivity index (χ1n) is 9.06. The minimum absolute atomic E-state index is 0.000860. The van der Waals surface area contributed by atoms with Crippen LogP contribution in [0.4, 0.5) is 10.1 Å². The topological polar surface area (TPSA) is 52.1 Å². The third kappa shape index (κ3) is 5.57. The molecular formula is C19H32FN5O. The number of rotatable bonds is 6. The molecule has 0 spiro atoms. The van der Waals surface area contributed by atoms with Crippen LogP contribution in [0.1, 0.15) is 19.4 Å². The van der Waals surface area contributed by atoms with Crippen molar-refractivity contribution in [3.63, 3.8) is 0 Å². The summed E-state index contributed by atoms with van der Waals surface area (Å²) < 4.78 is 19.5. The molecule has 2 rings (SSSR count). The summed E-state index contributed by atoms with van der Waals surface area (Å²) in [4.78, 5) is 8.46. The fourth-order valence-corrected chi connectivity index (χ4v) is 3.01. The largest absolute Gasteiger partial charge is 0.379 e. The van der Waals surface area contributed by atoms with Crippen molar-refractivity contribution in [2.45, 2.75) is 25.9 Å². The lowest BCUT2D eigenvalue weighted by Crippen LogP contribution is -2.56. The molecule has 0 aliphatic carbocycles. The molecule has 0 atom stereocenters. The Balaban J connectivity index is 1.86. The molecule has 1 fully saturated rings. The summed E-state index contributed by atoms with van der Waals surface area (Å²) in [5, 5.41) is 6.63. The molecule has 1 aromatic rings. The monoisotopic (exact) mass is 365 g/mol. The van der Waals surface area contributed by atoms with Crippen LogP contribution < -0.4 is 15.5 Å². The standard InChI is InChI=1S/C19H32FN5O/c1-19(2,25-8-10-26-11-9-25)14-23-18(21-3)22-13-15-6-7-17(24(4)5)16(20)12-15/h6-7,12H,8-11,13-14H2,1-5H3,(H2,21,22,23). The number of guanidine groups is 1. The van der Waals surface area contributed by atoms with Crippen LogP contribution in [-0.2, 0) is 11.3 Å². The predicted molar refractivity (Wildman–Crippen MR) is 105 cm³/mol. The summed E-state index contributed by atoms with van der Waals surface area (Å²) in [6, 6.07) is 5.29. The maximum absolute atomic E-state index is 14.1. The van der Waals surface area contributed by atoms with E-state index in [2.05, 4.69) is 34.4 Å². The van der Waals surface area contributed by atoms with Crippen LogP contribution >= 0.6 is 0 Å². The number of nitrogens with zero attached hydrogens (tertiary/aromatic N) is 3. The first-order valence-corrected chi connectivity index (χ1v) is 9.06. The molecular weight excluding hydrogens is 333 g/mol. The molecule has 0 saturated carbocycles. The molecule has 2 N–H and O–H groups in total. The molecule has 0 aromatic heterocycles. The molecule has 0 amide bonds. The maximum atomic E-state index is 14.1. The highest BCUT2D eigenvalue weighted by Gasteiger charge is 2.28. The van der Waals surface area contributed by atoms with Crippen molar-refractivity contribution in [1.82, 2.24) is 15.5 Å². The number of morpholine rings is 1. The van der Waals surface area contributed by atoms with E-state index >= 15 is 0 Å². The lowest BCUT2D eigenvalue weighted by Gasteiger charge is -2.41. The van der Waals surface area contributed by atoms with Gasteiger partial charge in [0.1, 0.15) is 5.82 Å². The number of benzene rings is 1. The Kier molecular flexibility index (Phi) is 7.23. The van der Waals surface area contributed by atoms with Gasteiger partial charge in [0, 0.05) is 52.9 Å². The SMILES string of the molecule is CN=C(NCc1ccc(N(C)C)c(F)c1)NCC(C)(C)N1CCOCC1. The van der Waals surface area contributed by atoms with Crippen LogP contribution in [0.3, 0.4) is 0 Å². The summed E-state index contributed by atoms with van der Waals surface area (Å²) >= 11 is 0.